The number of allylic oxidation sites excluding steroid dienone is 10. The van der Waals surface area contributed by atoms with Crippen molar-refractivity contribution < 1.29 is 37.3 Å². The Labute approximate surface area is 294 Å². The summed E-state index contributed by atoms with van der Waals surface area (Å²) in [5.74, 6) is -0.341. The minimum atomic E-state index is -4.28. The molecular weight excluding hydrogens is 625 g/mol. The molecule has 2 unspecified atom stereocenters. The molecule has 278 valence electrons. The number of carbonyl (C=O) groups excluding carboxylic acids is 1. The fourth-order valence-electron chi connectivity index (χ4n) is 4.43. The summed E-state index contributed by atoms with van der Waals surface area (Å²) in [7, 11) is 1.63. The molecule has 1 N–H and O–H groups in total. The molecule has 9 heteroatoms. The predicted octanol–water partition coefficient (Wildman–Crippen LogP) is 10.2. The predicted molar refractivity (Wildman–Crippen MR) is 201 cm³/mol. The van der Waals surface area contributed by atoms with Gasteiger partial charge >= 0.3 is 13.8 Å². The van der Waals surface area contributed by atoms with E-state index in [0.29, 0.717) is 24.1 Å². The van der Waals surface area contributed by atoms with Gasteiger partial charge in [0, 0.05) is 13.0 Å². The molecule has 0 amide bonds. The van der Waals surface area contributed by atoms with Crippen LogP contribution in [0.15, 0.2) is 60.8 Å². The van der Waals surface area contributed by atoms with Crippen molar-refractivity contribution in [2.45, 2.75) is 129 Å². The average molecular weight is 697 g/mol. The van der Waals surface area contributed by atoms with Gasteiger partial charge in [-0.05, 0) is 70.6 Å². The highest BCUT2D eigenvalue weighted by molar-refractivity contribution is 7.47. The number of rotatable bonds is 33. The fraction of sp³-hybridized carbons (Fsp3) is 0.718. The summed E-state index contributed by atoms with van der Waals surface area (Å²) in [5, 5.41) is 0. The number of carbonyl (C=O) groups is 1. The molecule has 0 aromatic heterocycles. The molecule has 0 saturated heterocycles. The lowest BCUT2D eigenvalue weighted by atomic mass is 10.1. The molecule has 0 bridgehead atoms. The molecule has 0 rings (SSSR count). The standard InChI is InChI=1S/C39H70NO7P/c1-6-8-10-12-14-16-18-19-20-21-22-23-25-27-29-31-34-44-36-38(37-46-48(42,43)45-35-33-40(3,4)5)47-39(41)32-30-28-26-24-17-15-13-11-9-7-2/h8,10-11,13-14,16,19-20,22-23,38H,6-7,9,12,15,17-18,21,24-37H2,1-5H3/p+1/b10-8-,13-11-,16-14-,20-19-,23-22-. The van der Waals surface area contributed by atoms with Crippen LogP contribution in [0.1, 0.15) is 123 Å². The van der Waals surface area contributed by atoms with Crippen molar-refractivity contribution >= 4 is 13.8 Å². The normalized spacial score (nSPS) is 14.7. The van der Waals surface area contributed by atoms with E-state index in [1.165, 1.54) is 12.8 Å². The monoisotopic (exact) mass is 696 g/mol. The minimum absolute atomic E-state index is 0.0776. The van der Waals surface area contributed by atoms with Crippen LogP contribution in [0.3, 0.4) is 0 Å². The van der Waals surface area contributed by atoms with E-state index >= 15 is 0 Å². The van der Waals surface area contributed by atoms with Crippen molar-refractivity contribution in [3.8, 4) is 0 Å². The number of nitrogens with zero attached hydrogens (tertiary/aromatic N) is 1. The summed E-state index contributed by atoms with van der Waals surface area (Å²) in [6.45, 7) is 5.32. The molecular formula is C39H71NO7P+. The summed E-state index contributed by atoms with van der Waals surface area (Å²) in [6, 6.07) is 0. The van der Waals surface area contributed by atoms with E-state index in [9.17, 15) is 14.3 Å². The topological polar surface area (TPSA) is 91.3 Å². The Hall–Kier alpha value is -1.80. The third-order valence-electron chi connectivity index (χ3n) is 7.29. The van der Waals surface area contributed by atoms with Crippen LogP contribution in [0.4, 0.5) is 0 Å². The average Bonchev–Trinajstić information content (AvgIpc) is 3.03. The van der Waals surface area contributed by atoms with Gasteiger partial charge in [0.05, 0.1) is 34.4 Å². The maximum absolute atomic E-state index is 12.6. The highest BCUT2D eigenvalue weighted by Crippen LogP contribution is 2.43. The summed E-state index contributed by atoms with van der Waals surface area (Å²) in [4.78, 5) is 22.7. The zero-order chi connectivity index (χ0) is 35.6. The second-order valence-corrected chi connectivity index (χ2v) is 14.7. The van der Waals surface area contributed by atoms with E-state index in [2.05, 4.69) is 74.6 Å². The van der Waals surface area contributed by atoms with Crippen molar-refractivity contribution in [3.05, 3.63) is 60.8 Å². The van der Waals surface area contributed by atoms with Crippen LogP contribution in [0.2, 0.25) is 0 Å². The minimum Gasteiger partial charge on any atom is -0.457 e. The summed E-state index contributed by atoms with van der Waals surface area (Å²) in [6.07, 6.45) is 38.3. The first kappa shape index (κ1) is 46.2. The van der Waals surface area contributed by atoms with Gasteiger partial charge in [-0.2, -0.15) is 0 Å². The lowest BCUT2D eigenvalue weighted by molar-refractivity contribution is -0.870. The van der Waals surface area contributed by atoms with Crippen LogP contribution >= 0.6 is 7.82 Å². The zero-order valence-electron chi connectivity index (χ0n) is 31.2. The Balaban J connectivity index is 4.39. The Morgan fingerprint density at radius 2 is 1.21 bits per heavy atom. The van der Waals surface area contributed by atoms with Gasteiger partial charge in [0.1, 0.15) is 19.3 Å². The third-order valence-corrected chi connectivity index (χ3v) is 8.28. The first-order valence-corrected chi connectivity index (χ1v) is 20.0. The van der Waals surface area contributed by atoms with Crippen LogP contribution in [0.25, 0.3) is 0 Å². The Morgan fingerprint density at radius 1 is 0.667 bits per heavy atom. The second kappa shape index (κ2) is 32.4. The highest BCUT2D eigenvalue weighted by atomic mass is 31.2. The van der Waals surface area contributed by atoms with Crippen LogP contribution in [0.5, 0.6) is 0 Å². The summed E-state index contributed by atoms with van der Waals surface area (Å²) in [5.41, 5.74) is 0. The van der Waals surface area contributed by atoms with Gasteiger partial charge in [-0.1, -0.05) is 107 Å². The molecule has 0 aliphatic rings. The molecule has 0 saturated carbocycles. The smallest absolute Gasteiger partial charge is 0.457 e. The number of hydrogen-bond acceptors (Lipinski definition) is 6. The number of hydrogen-bond donors (Lipinski definition) is 1. The number of unbranched alkanes of at least 4 members (excludes halogenated alkanes) is 9. The molecule has 0 fully saturated rings. The molecule has 0 spiro atoms. The molecule has 2 atom stereocenters. The van der Waals surface area contributed by atoms with Gasteiger partial charge in [0.15, 0.2) is 0 Å². The first-order chi connectivity index (χ1) is 23.1. The lowest BCUT2D eigenvalue weighted by Crippen LogP contribution is -2.37. The number of ether oxygens (including phenoxy) is 2. The number of phosphoric acid groups is 1. The number of likely N-dealkylation sites (N-methyl/N-ethyl adjacent to an activating group) is 1. The van der Waals surface area contributed by atoms with Gasteiger partial charge < -0.3 is 18.9 Å². The van der Waals surface area contributed by atoms with E-state index in [0.717, 1.165) is 89.9 Å². The molecule has 0 aromatic carbocycles. The van der Waals surface area contributed by atoms with Crippen molar-refractivity contribution in [3.63, 3.8) is 0 Å². The van der Waals surface area contributed by atoms with E-state index in [-0.39, 0.29) is 25.8 Å². The van der Waals surface area contributed by atoms with Crippen LogP contribution < -0.4 is 0 Å². The van der Waals surface area contributed by atoms with Crippen LogP contribution in [0, 0.1) is 0 Å². The zero-order valence-corrected chi connectivity index (χ0v) is 32.1. The SMILES string of the molecule is CC/C=C\C/C=C\C/C=C\C/C=C\CCCCCOCC(COP(=O)(O)OCC[N+](C)(C)C)OC(=O)CCCCCCC/C=C\CCC. The molecule has 0 radical (unpaired) electrons. The van der Waals surface area contributed by atoms with Crippen molar-refractivity contribution in [1.29, 1.82) is 0 Å². The number of quaternary nitrogens is 1. The maximum Gasteiger partial charge on any atom is 0.472 e. The highest BCUT2D eigenvalue weighted by Gasteiger charge is 2.26. The Kier molecular flexibility index (Phi) is 31.2. The van der Waals surface area contributed by atoms with Gasteiger partial charge in [-0.15, -0.1) is 0 Å². The van der Waals surface area contributed by atoms with Gasteiger partial charge in [0.2, 0.25) is 0 Å². The molecule has 8 nitrogen and oxygen atoms in total. The molecule has 0 aliphatic carbocycles. The molecule has 0 aromatic rings. The molecule has 0 heterocycles. The van der Waals surface area contributed by atoms with Crippen molar-refractivity contribution in [2.75, 3.05) is 54.1 Å². The molecule has 48 heavy (non-hydrogen) atoms. The Morgan fingerprint density at radius 3 is 1.83 bits per heavy atom. The molecule has 0 aliphatic heterocycles. The van der Waals surface area contributed by atoms with Gasteiger partial charge in [0.25, 0.3) is 0 Å². The van der Waals surface area contributed by atoms with Gasteiger partial charge in [-0.3, -0.25) is 13.8 Å². The first-order valence-electron chi connectivity index (χ1n) is 18.5. The van der Waals surface area contributed by atoms with Crippen molar-refractivity contribution in [1.82, 2.24) is 0 Å². The van der Waals surface area contributed by atoms with E-state index in [1.54, 1.807) is 0 Å². The quantitative estimate of drug-likeness (QED) is 0.0240. The van der Waals surface area contributed by atoms with Crippen LogP contribution in [-0.4, -0.2) is 75.6 Å². The summed E-state index contributed by atoms with van der Waals surface area (Å²) >= 11 is 0. The largest absolute Gasteiger partial charge is 0.472 e. The lowest BCUT2D eigenvalue weighted by Gasteiger charge is -2.24. The number of esters is 1. The van der Waals surface area contributed by atoms with Crippen LogP contribution in [-0.2, 0) is 27.9 Å². The maximum atomic E-state index is 12.6. The number of phosphoric ester groups is 1. The fourth-order valence-corrected chi connectivity index (χ4v) is 5.17. The van der Waals surface area contributed by atoms with E-state index < -0.39 is 13.9 Å². The van der Waals surface area contributed by atoms with Crippen molar-refractivity contribution in [2.24, 2.45) is 0 Å². The van der Waals surface area contributed by atoms with E-state index in [1.807, 2.05) is 21.1 Å². The summed E-state index contributed by atoms with van der Waals surface area (Å²) < 4.78 is 34.7. The Bertz CT molecular complexity index is 952. The third kappa shape index (κ3) is 35.5. The second-order valence-electron chi connectivity index (χ2n) is 13.2. The van der Waals surface area contributed by atoms with Gasteiger partial charge in [-0.25, -0.2) is 4.57 Å². The van der Waals surface area contributed by atoms with E-state index in [4.69, 9.17) is 18.5 Å².